The molecule has 0 aromatic rings. The third kappa shape index (κ3) is 4.14. The average Bonchev–Trinajstić information content (AvgIpc) is 3.47. The maximum absolute atomic E-state index is 3.29. The van der Waals surface area contributed by atoms with Crippen LogP contribution in [0.2, 0.25) is 5.82 Å². The quantitative estimate of drug-likeness (QED) is 0.210. The first-order chi connectivity index (χ1) is 25.2. The van der Waals surface area contributed by atoms with E-state index in [4.69, 9.17) is 0 Å². The summed E-state index contributed by atoms with van der Waals surface area (Å²) in [6.45, 7) is 14.0. The van der Waals surface area contributed by atoms with Gasteiger partial charge in [0, 0.05) is 40.0 Å². The molecular weight excluding hydrogens is 627 g/mol. The van der Waals surface area contributed by atoms with Gasteiger partial charge in [-0.15, -0.1) is 0 Å². The van der Waals surface area contributed by atoms with Gasteiger partial charge in [-0.2, -0.15) is 0 Å². The second-order valence-corrected chi connectivity index (χ2v) is 21.2. The Morgan fingerprint density at radius 1 is 0.750 bits per heavy atom. The average molecular weight is 695 g/mol. The van der Waals surface area contributed by atoms with Crippen LogP contribution >= 0.6 is 0 Å². The molecule has 0 amide bonds. The molecule has 0 radical (unpaired) electrons. The third-order valence-electron chi connectivity index (χ3n) is 18.8. The molecule has 3 heteroatoms. The molecule has 52 heavy (non-hydrogen) atoms. The number of rotatable bonds is 2. The molecule has 276 valence electrons. The van der Waals surface area contributed by atoms with Gasteiger partial charge in [-0.3, -0.25) is 4.90 Å². The highest BCUT2D eigenvalue weighted by atomic mass is 15.3. The Labute approximate surface area is 317 Å². The van der Waals surface area contributed by atoms with E-state index in [1.807, 2.05) is 22.1 Å². The molecule has 0 N–H and O–H groups in total. The van der Waals surface area contributed by atoms with E-state index in [1.165, 1.54) is 122 Å². The van der Waals surface area contributed by atoms with E-state index < -0.39 is 0 Å². The number of allylic oxidation sites excluding steroid dienone is 8. The lowest BCUT2D eigenvalue weighted by Crippen LogP contribution is -2.65. The number of hydrogen-bond acceptors (Lipinski definition) is 2. The highest BCUT2D eigenvalue weighted by Gasteiger charge is 2.72. The molecule has 11 aliphatic rings. The summed E-state index contributed by atoms with van der Waals surface area (Å²) in [6, 6.07) is 1.22. The van der Waals surface area contributed by atoms with Gasteiger partial charge in [-0.25, -0.2) is 0 Å². The van der Waals surface area contributed by atoms with E-state index in [1.54, 1.807) is 17.0 Å². The van der Waals surface area contributed by atoms with Crippen molar-refractivity contribution in [3.05, 3.63) is 81.6 Å². The van der Waals surface area contributed by atoms with E-state index in [0.717, 1.165) is 11.8 Å². The lowest BCUT2D eigenvalue weighted by atomic mass is 9.25. The zero-order chi connectivity index (χ0) is 35.2. The molecule has 0 aromatic heterocycles. The first-order valence-corrected chi connectivity index (χ1v) is 22.7. The number of hydrogen-bond donors (Lipinski definition) is 0. The van der Waals surface area contributed by atoms with Gasteiger partial charge in [0.2, 0.25) is 6.71 Å². The minimum atomic E-state index is 0.0977. The number of fused-ring (bicyclic) bond motifs is 6. The number of nitrogens with zero attached hydrogens (tertiary/aromatic N) is 2. The van der Waals surface area contributed by atoms with Gasteiger partial charge < -0.3 is 4.90 Å². The van der Waals surface area contributed by atoms with Gasteiger partial charge in [0.05, 0.1) is 0 Å². The van der Waals surface area contributed by atoms with Gasteiger partial charge in [0.25, 0.3) is 0 Å². The van der Waals surface area contributed by atoms with Crippen LogP contribution in [-0.4, -0.2) is 39.7 Å². The fraction of sp³-hybridized carbons (Fsp3) is 0.714. The van der Waals surface area contributed by atoms with Crippen LogP contribution in [-0.2, 0) is 0 Å². The zero-order valence-corrected chi connectivity index (χ0v) is 33.5. The molecule has 6 atom stereocenters. The summed E-state index contributed by atoms with van der Waals surface area (Å²) in [5.41, 5.74) is 13.6. The van der Waals surface area contributed by atoms with Crippen molar-refractivity contribution in [2.45, 2.75) is 186 Å². The maximum atomic E-state index is 3.29. The molecule has 2 spiro atoms. The normalized spacial score (nSPS) is 39.4. The van der Waals surface area contributed by atoms with Gasteiger partial charge in [-0.1, -0.05) is 116 Å². The van der Waals surface area contributed by atoms with Gasteiger partial charge in [0.15, 0.2) is 0 Å². The van der Waals surface area contributed by atoms with Crippen molar-refractivity contribution in [3.63, 3.8) is 0 Å². The summed E-state index contributed by atoms with van der Waals surface area (Å²) in [7, 11) is 0. The maximum Gasteiger partial charge on any atom is 0.219 e. The second kappa shape index (κ2) is 11.5. The largest absolute Gasteiger partial charge is 0.336 e. The first-order valence-electron chi connectivity index (χ1n) is 22.7. The van der Waals surface area contributed by atoms with Crippen LogP contribution < -0.4 is 0 Å². The predicted octanol–water partition coefficient (Wildman–Crippen LogP) is 12.2. The Hall–Kier alpha value is -2.00. The molecule has 0 bridgehead atoms. The van der Waals surface area contributed by atoms with Crippen molar-refractivity contribution in [2.24, 2.45) is 34.5 Å². The molecule has 0 aromatic carbocycles. The van der Waals surface area contributed by atoms with Crippen LogP contribution in [0.25, 0.3) is 0 Å². The fourth-order valence-corrected chi connectivity index (χ4v) is 16.6. The van der Waals surface area contributed by atoms with Crippen molar-refractivity contribution < 1.29 is 0 Å². The molecule has 11 rings (SSSR count). The molecule has 4 heterocycles. The highest BCUT2D eigenvalue weighted by molar-refractivity contribution is 6.78. The van der Waals surface area contributed by atoms with Gasteiger partial charge in [0.1, 0.15) is 0 Å². The van der Waals surface area contributed by atoms with E-state index >= 15 is 0 Å². The molecule has 7 aliphatic carbocycles. The Kier molecular flexibility index (Phi) is 7.39. The van der Waals surface area contributed by atoms with E-state index in [2.05, 4.69) is 87.0 Å². The van der Waals surface area contributed by atoms with E-state index in [0.29, 0.717) is 47.3 Å². The van der Waals surface area contributed by atoms with Crippen LogP contribution in [0.15, 0.2) is 81.6 Å². The topological polar surface area (TPSA) is 6.48 Å². The summed E-state index contributed by atoms with van der Waals surface area (Å²) in [6.07, 6.45) is 45.2. The molecule has 5 fully saturated rings. The first kappa shape index (κ1) is 33.4. The summed E-state index contributed by atoms with van der Waals surface area (Å²) in [5, 5.41) is 0. The zero-order valence-electron chi connectivity index (χ0n) is 33.5. The Morgan fingerprint density at radius 3 is 2.21 bits per heavy atom. The van der Waals surface area contributed by atoms with Crippen molar-refractivity contribution in [1.29, 1.82) is 0 Å². The smallest absolute Gasteiger partial charge is 0.219 e. The van der Waals surface area contributed by atoms with Crippen molar-refractivity contribution >= 4 is 6.71 Å². The molecule has 6 unspecified atom stereocenters. The van der Waals surface area contributed by atoms with Crippen LogP contribution in [0.5, 0.6) is 0 Å². The summed E-state index contributed by atoms with van der Waals surface area (Å²) >= 11 is 0. The van der Waals surface area contributed by atoms with Crippen molar-refractivity contribution in [2.75, 3.05) is 0 Å². The predicted molar refractivity (Wildman–Crippen MR) is 218 cm³/mol. The van der Waals surface area contributed by atoms with Crippen LogP contribution in [0.3, 0.4) is 0 Å². The minimum Gasteiger partial charge on any atom is -0.336 e. The SMILES string of the molecule is CC1=CC2=C3B(C4=CC(C5C=CC=CC5)CC5=C4N2C(C)(C)C52CCCCC2)C2C=C(C4CCCCC4)CC4C2N(C3C1)C(C)(C)C41CCCCC1. The molecule has 3 saturated carbocycles. The van der Waals surface area contributed by atoms with Crippen LogP contribution in [0, 0.1) is 34.5 Å². The van der Waals surface area contributed by atoms with Crippen LogP contribution in [0.4, 0.5) is 0 Å². The fourth-order valence-electron chi connectivity index (χ4n) is 16.6. The van der Waals surface area contributed by atoms with E-state index in [9.17, 15) is 0 Å². The summed E-state index contributed by atoms with van der Waals surface area (Å²) in [4.78, 5) is 6.34. The Bertz CT molecular complexity index is 1760. The molecule has 2 saturated heterocycles. The van der Waals surface area contributed by atoms with Gasteiger partial charge in [-0.05, 0) is 145 Å². The lowest BCUT2D eigenvalue weighted by Gasteiger charge is -2.60. The molecule has 4 aliphatic heterocycles. The molecule has 2 nitrogen and oxygen atoms in total. The van der Waals surface area contributed by atoms with Crippen molar-refractivity contribution in [1.82, 2.24) is 9.80 Å². The van der Waals surface area contributed by atoms with Crippen molar-refractivity contribution in [3.8, 4) is 0 Å². The van der Waals surface area contributed by atoms with E-state index in [-0.39, 0.29) is 11.1 Å². The molecular formula is C49H67BN2. The third-order valence-corrected chi connectivity index (χ3v) is 18.8. The summed E-state index contributed by atoms with van der Waals surface area (Å²) in [5.74, 6) is 3.51. The minimum absolute atomic E-state index is 0.0977. The van der Waals surface area contributed by atoms with Crippen LogP contribution in [0.1, 0.15) is 157 Å². The standard InChI is InChI=1S/C49H67BN2/c1-32-26-41-43-42(27-32)52-45-38(49(47(52,4)5)24-16-9-17-25-49)29-36(34-20-12-7-13-21-34)31-40(45)50(43)39-30-35(33-18-10-6-11-19-33)28-37-44(39)51(41)46(2,3)48(37)22-14-8-15-23-48/h6,10-11,18,26,30-31,33-35,38,40,42,45H,7-9,12-17,19-25,27-29H2,1-5H3. The van der Waals surface area contributed by atoms with Gasteiger partial charge >= 0.3 is 0 Å². The lowest BCUT2D eigenvalue weighted by molar-refractivity contribution is -0.00114. The second-order valence-electron chi connectivity index (χ2n) is 21.2. The monoisotopic (exact) mass is 695 g/mol. The highest BCUT2D eigenvalue weighted by Crippen LogP contribution is 2.72. The Morgan fingerprint density at radius 2 is 1.48 bits per heavy atom. The Balaban J connectivity index is 1.18. The summed E-state index contributed by atoms with van der Waals surface area (Å²) < 4.78 is 0.